The van der Waals surface area contributed by atoms with Crippen molar-refractivity contribution in [3.8, 4) is 0 Å². The lowest BCUT2D eigenvalue weighted by Crippen LogP contribution is -2.34. The molecule has 0 unspecified atom stereocenters. The first-order valence-electron chi connectivity index (χ1n) is 5.56. The van der Waals surface area contributed by atoms with Crippen LogP contribution < -0.4 is 0 Å². The van der Waals surface area contributed by atoms with Gasteiger partial charge in [0.2, 0.25) is 0 Å². The second-order valence-corrected chi connectivity index (χ2v) is 4.17. The molecule has 0 aliphatic carbocycles. The van der Waals surface area contributed by atoms with Gasteiger partial charge in [0.1, 0.15) is 0 Å². The first kappa shape index (κ1) is 14.9. The van der Waals surface area contributed by atoms with Crippen LogP contribution in [0.2, 0.25) is 5.02 Å². The van der Waals surface area contributed by atoms with Crippen molar-refractivity contribution in [3.05, 3.63) is 34.4 Å². The van der Waals surface area contributed by atoms with Crippen LogP contribution in [0.1, 0.15) is 23.7 Å². The largest absolute Gasteiger partial charge is 0.395 e. The minimum absolute atomic E-state index is 0.0996. The molecule has 0 saturated heterocycles. The van der Waals surface area contributed by atoms with Gasteiger partial charge in [-0.3, -0.25) is 4.79 Å². The Bertz CT molecular complexity index is 434. The van der Waals surface area contributed by atoms with Gasteiger partial charge in [0.25, 0.3) is 5.91 Å². The third kappa shape index (κ3) is 3.40. The number of carbonyl (C=O) groups excluding carboxylic acids is 1. The van der Waals surface area contributed by atoms with E-state index in [1.54, 1.807) is 0 Å². The number of nitrogens with zero attached hydrogens (tertiary/aromatic N) is 1. The Morgan fingerprint density at radius 1 is 1.33 bits per heavy atom. The van der Waals surface area contributed by atoms with Crippen LogP contribution >= 0.6 is 11.6 Å². The van der Waals surface area contributed by atoms with Crippen LogP contribution in [0.5, 0.6) is 0 Å². The SMILES string of the molecule is CCCN(CCO)C(=O)c1cc(F)c(F)cc1Cl. The van der Waals surface area contributed by atoms with Crippen LogP contribution in [0.3, 0.4) is 0 Å². The van der Waals surface area contributed by atoms with Crippen molar-refractivity contribution < 1.29 is 18.7 Å². The lowest BCUT2D eigenvalue weighted by atomic mass is 10.1. The second kappa shape index (κ2) is 6.66. The highest BCUT2D eigenvalue weighted by Crippen LogP contribution is 2.21. The molecule has 1 aromatic rings. The minimum atomic E-state index is -1.12. The normalized spacial score (nSPS) is 10.5. The predicted octanol–water partition coefficient (Wildman–Crippen LogP) is 2.46. The molecule has 0 saturated carbocycles. The van der Waals surface area contributed by atoms with E-state index >= 15 is 0 Å². The predicted molar refractivity (Wildman–Crippen MR) is 64.6 cm³/mol. The smallest absolute Gasteiger partial charge is 0.255 e. The number of benzene rings is 1. The van der Waals surface area contributed by atoms with Crippen molar-refractivity contribution in [2.75, 3.05) is 19.7 Å². The van der Waals surface area contributed by atoms with Crippen molar-refractivity contribution in [2.45, 2.75) is 13.3 Å². The van der Waals surface area contributed by atoms with E-state index < -0.39 is 17.5 Å². The van der Waals surface area contributed by atoms with Gasteiger partial charge in [-0.05, 0) is 18.6 Å². The molecule has 1 aromatic carbocycles. The van der Waals surface area contributed by atoms with E-state index in [9.17, 15) is 13.6 Å². The second-order valence-electron chi connectivity index (χ2n) is 3.76. The summed E-state index contributed by atoms with van der Waals surface area (Å²) in [6.07, 6.45) is 0.688. The molecule has 0 aliphatic rings. The summed E-state index contributed by atoms with van der Waals surface area (Å²) < 4.78 is 26.0. The molecule has 0 fully saturated rings. The molecule has 0 radical (unpaired) electrons. The maximum absolute atomic E-state index is 13.1. The van der Waals surface area contributed by atoms with E-state index in [0.717, 1.165) is 12.1 Å². The van der Waals surface area contributed by atoms with Crippen LogP contribution in [0, 0.1) is 11.6 Å². The van der Waals surface area contributed by atoms with Gasteiger partial charge in [0, 0.05) is 13.1 Å². The number of halogens is 3. The van der Waals surface area contributed by atoms with Gasteiger partial charge in [-0.1, -0.05) is 18.5 Å². The Morgan fingerprint density at radius 3 is 2.50 bits per heavy atom. The molecule has 0 bridgehead atoms. The molecule has 18 heavy (non-hydrogen) atoms. The number of hydrogen-bond donors (Lipinski definition) is 1. The lowest BCUT2D eigenvalue weighted by molar-refractivity contribution is 0.0721. The standard InChI is InChI=1S/C12H14ClF2NO2/c1-2-3-16(4-5-17)12(18)8-6-10(14)11(15)7-9(8)13/h6-7,17H,2-5H2,1H3. The lowest BCUT2D eigenvalue weighted by Gasteiger charge is -2.21. The summed E-state index contributed by atoms with van der Waals surface area (Å²) >= 11 is 5.72. The monoisotopic (exact) mass is 277 g/mol. The molecule has 0 aliphatic heterocycles. The van der Waals surface area contributed by atoms with Gasteiger partial charge in [0.15, 0.2) is 11.6 Å². The Morgan fingerprint density at radius 2 is 1.94 bits per heavy atom. The van der Waals surface area contributed by atoms with E-state index in [-0.39, 0.29) is 23.7 Å². The summed E-state index contributed by atoms with van der Waals surface area (Å²) in [5.74, 6) is -2.74. The van der Waals surface area contributed by atoms with Crippen molar-refractivity contribution in [1.29, 1.82) is 0 Å². The molecule has 0 atom stereocenters. The van der Waals surface area contributed by atoms with Crippen molar-refractivity contribution in [3.63, 3.8) is 0 Å². The zero-order valence-electron chi connectivity index (χ0n) is 9.92. The minimum Gasteiger partial charge on any atom is -0.395 e. The first-order valence-corrected chi connectivity index (χ1v) is 5.93. The fraction of sp³-hybridized carbons (Fsp3) is 0.417. The Balaban J connectivity index is 3.04. The molecule has 1 rings (SSSR count). The molecular weight excluding hydrogens is 264 g/mol. The van der Waals surface area contributed by atoms with Gasteiger partial charge < -0.3 is 10.0 Å². The summed E-state index contributed by atoms with van der Waals surface area (Å²) in [4.78, 5) is 13.4. The third-order valence-corrected chi connectivity index (χ3v) is 2.70. The van der Waals surface area contributed by atoms with Crippen molar-refractivity contribution in [2.24, 2.45) is 0 Å². The van der Waals surface area contributed by atoms with Gasteiger partial charge in [0.05, 0.1) is 17.2 Å². The maximum Gasteiger partial charge on any atom is 0.255 e. The van der Waals surface area contributed by atoms with Gasteiger partial charge in [-0.25, -0.2) is 8.78 Å². The molecule has 1 N–H and O–H groups in total. The fourth-order valence-electron chi connectivity index (χ4n) is 1.56. The first-order chi connectivity index (χ1) is 8.51. The zero-order valence-corrected chi connectivity index (χ0v) is 10.7. The molecule has 100 valence electrons. The Labute approximate surface area is 109 Å². The number of carbonyl (C=O) groups is 1. The highest BCUT2D eigenvalue weighted by atomic mass is 35.5. The third-order valence-electron chi connectivity index (χ3n) is 2.39. The average Bonchev–Trinajstić information content (AvgIpc) is 2.33. The van der Waals surface area contributed by atoms with Crippen LogP contribution in [-0.2, 0) is 0 Å². The van der Waals surface area contributed by atoms with E-state index in [2.05, 4.69) is 0 Å². The highest BCUT2D eigenvalue weighted by molar-refractivity contribution is 6.33. The highest BCUT2D eigenvalue weighted by Gasteiger charge is 2.19. The van der Waals surface area contributed by atoms with Crippen LogP contribution in [0.4, 0.5) is 8.78 Å². The van der Waals surface area contributed by atoms with Gasteiger partial charge in [-0.2, -0.15) is 0 Å². The van der Waals surface area contributed by atoms with E-state index in [4.69, 9.17) is 16.7 Å². The summed E-state index contributed by atoms with van der Waals surface area (Å²) in [6.45, 7) is 2.20. The van der Waals surface area contributed by atoms with Gasteiger partial charge >= 0.3 is 0 Å². The molecule has 0 spiro atoms. The average molecular weight is 278 g/mol. The summed E-state index contributed by atoms with van der Waals surface area (Å²) in [6, 6.07) is 1.55. The quantitative estimate of drug-likeness (QED) is 0.840. The van der Waals surface area contributed by atoms with Crippen molar-refractivity contribution >= 4 is 17.5 Å². The number of hydrogen-bond acceptors (Lipinski definition) is 2. The van der Waals surface area contributed by atoms with Crippen LogP contribution in [0.25, 0.3) is 0 Å². The fourth-order valence-corrected chi connectivity index (χ4v) is 1.79. The van der Waals surface area contributed by atoms with Crippen LogP contribution in [0.15, 0.2) is 12.1 Å². The molecule has 0 aromatic heterocycles. The van der Waals surface area contributed by atoms with E-state index in [1.165, 1.54) is 4.90 Å². The molecule has 3 nitrogen and oxygen atoms in total. The van der Waals surface area contributed by atoms with Gasteiger partial charge in [-0.15, -0.1) is 0 Å². The molecule has 6 heteroatoms. The van der Waals surface area contributed by atoms with Crippen LogP contribution in [-0.4, -0.2) is 35.6 Å². The number of amides is 1. The molecule has 1 amide bonds. The summed E-state index contributed by atoms with van der Waals surface area (Å²) in [5, 5.41) is 8.73. The zero-order chi connectivity index (χ0) is 13.7. The topological polar surface area (TPSA) is 40.5 Å². The van der Waals surface area contributed by atoms with Crippen molar-refractivity contribution in [1.82, 2.24) is 4.90 Å². The van der Waals surface area contributed by atoms with E-state index in [0.29, 0.717) is 13.0 Å². The number of aliphatic hydroxyl groups excluding tert-OH is 1. The summed E-state index contributed by atoms with van der Waals surface area (Å²) in [7, 11) is 0. The maximum atomic E-state index is 13.1. The number of rotatable bonds is 5. The molecular formula is C12H14ClF2NO2. The Kier molecular flexibility index (Phi) is 5.50. The van der Waals surface area contributed by atoms with E-state index in [1.807, 2.05) is 6.92 Å². The summed E-state index contributed by atoms with van der Waals surface area (Å²) in [5.41, 5.74) is -0.0996. The Hall–Kier alpha value is -1.20. The molecule has 0 heterocycles. The number of aliphatic hydroxyl groups is 1.